The smallest absolute Gasteiger partial charge is 0.274 e. The van der Waals surface area contributed by atoms with Crippen LogP contribution < -0.4 is 9.62 Å². The number of rotatable bonds is 8. The van der Waals surface area contributed by atoms with E-state index in [2.05, 4.69) is 11.9 Å². The van der Waals surface area contributed by atoms with Crippen molar-refractivity contribution in [3.63, 3.8) is 0 Å². The molecule has 1 N–H and O–H groups in total. The summed E-state index contributed by atoms with van der Waals surface area (Å²) in [5, 5.41) is 13.7. The number of aryl methyl sites for hydroxylation is 1. The predicted molar refractivity (Wildman–Crippen MR) is 123 cm³/mol. The van der Waals surface area contributed by atoms with E-state index in [0.29, 0.717) is 11.3 Å². The number of nitro benzene ring substituents is 1. The Morgan fingerprint density at radius 3 is 2.47 bits per heavy atom. The molecule has 3 rings (SSSR count). The van der Waals surface area contributed by atoms with Crippen molar-refractivity contribution in [2.45, 2.75) is 11.8 Å². The van der Waals surface area contributed by atoms with E-state index >= 15 is 0 Å². The number of para-hydroxylation sites is 1. The summed E-state index contributed by atoms with van der Waals surface area (Å²) in [6.45, 7) is 5.28. The van der Waals surface area contributed by atoms with Crippen LogP contribution in [0.5, 0.6) is 0 Å². The molecule has 9 heteroatoms. The highest BCUT2D eigenvalue weighted by atomic mass is 32.2. The molecule has 0 heterocycles. The number of sulfonamides is 1. The monoisotopic (exact) mass is 451 g/mol. The zero-order chi connectivity index (χ0) is 23.3. The van der Waals surface area contributed by atoms with Gasteiger partial charge in [-0.3, -0.25) is 19.2 Å². The van der Waals surface area contributed by atoms with Gasteiger partial charge in [-0.25, -0.2) is 8.42 Å². The minimum atomic E-state index is -3.98. The molecule has 0 spiro atoms. The number of carbonyl (C=O) groups excluding carboxylic acids is 1. The molecule has 1 amide bonds. The van der Waals surface area contributed by atoms with Crippen LogP contribution in [-0.2, 0) is 10.0 Å². The number of hydrogen-bond donors (Lipinski definition) is 1. The molecule has 3 aromatic rings. The summed E-state index contributed by atoms with van der Waals surface area (Å²) >= 11 is 0. The number of nitrogens with zero attached hydrogens (tertiary/aromatic N) is 2. The van der Waals surface area contributed by atoms with Crippen LogP contribution in [0.3, 0.4) is 0 Å². The molecule has 0 radical (unpaired) electrons. The fourth-order valence-electron chi connectivity index (χ4n) is 3.07. The molecule has 164 valence electrons. The fourth-order valence-corrected chi connectivity index (χ4v) is 4.55. The summed E-state index contributed by atoms with van der Waals surface area (Å²) in [5.74, 6) is -0.588. The second-order valence-corrected chi connectivity index (χ2v) is 8.76. The van der Waals surface area contributed by atoms with Crippen molar-refractivity contribution in [1.82, 2.24) is 0 Å². The van der Waals surface area contributed by atoms with E-state index in [1.165, 1.54) is 46.8 Å². The maximum absolute atomic E-state index is 13.3. The highest BCUT2D eigenvalue weighted by Crippen LogP contribution is 2.25. The summed E-state index contributed by atoms with van der Waals surface area (Å²) < 4.78 is 27.8. The lowest BCUT2D eigenvalue weighted by Crippen LogP contribution is -2.31. The van der Waals surface area contributed by atoms with Gasteiger partial charge in [-0.05, 0) is 43.3 Å². The molecule has 0 saturated heterocycles. The number of benzene rings is 3. The van der Waals surface area contributed by atoms with Crippen LogP contribution in [0.1, 0.15) is 15.9 Å². The van der Waals surface area contributed by atoms with Crippen molar-refractivity contribution >= 4 is 33.0 Å². The Kier molecular flexibility index (Phi) is 6.70. The summed E-state index contributed by atoms with van der Waals surface area (Å²) in [6, 6.07) is 18.5. The highest BCUT2D eigenvalue weighted by Gasteiger charge is 2.25. The third-order valence-electron chi connectivity index (χ3n) is 4.69. The molecular weight excluding hydrogens is 430 g/mol. The van der Waals surface area contributed by atoms with E-state index in [9.17, 15) is 23.3 Å². The van der Waals surface area contributed by atoms with Crippen LogP contribution in [-0.4, -0.2) is 25.8 Å². The second kappa shape index (κ2) is 9.44. The summed E-state index contributed by atoms with van der Waals surface area (Å²) in [7, 11) is -3.98. The zero-order valence-electron chi connectivity index (χ0n) is 17.3. The van der Waals surface area contributed by atoms with Crippen LogP contribution in [0.15, 0.2) is 90.3 Å². The highest BCUT2D eigenvalue weighted by molar-refractivity contribution is 7.92. The Bertz CT molecular complexity index is 1270. The van der Waals surface area contributed by atoms with Crippen LogP contribution in [0.2, 0.25) is 0 Å². The quantitative estimate of drug-likeness (QED) is 0.307. The lowest BCUT2D eigenvalue weighted by atomic mass is 10.1. The van der Waals surface area contributed by atoms with Gasteiger partial charge in [0.05, 0.1) is 22.1 Å². The standard InChI is InChI=1S/C23H21N3O5S/c1-3-14-25(20-9-5-4-6-10-20)32(30,31)21-11-7-8-18(15-21)23(27)24-19-13-12-17(2)22(16-19)26(28)29/h3-13,15-16H,1,14H2,2H3,(H,24,27). The Balaban J connectivity index is 1.92. The fraction of sp³-hybridized carbons (Fsp3) is 0.0870. The molecule has 0 fully saturated rings. The van der Waals surface area contributed by atoms with Crippen molar-refractivity contribution in [1.29, 1.82) is 0 Å². The van der Waals surface area contributed by atoms with Crippen LogP contribution in [0.4, 0.5) is 17.1 Å². The minimum Gasteiger partial charge on any atom is -0.322 e. The van der Waals surface area contributed by atoms with Gasteiger partial charge in [0.15, 0.2) is 0 Å². The van der Waals surface area contributed by atoms with Crippen molar-refractivity contribution in [2.75, 3.05) is 16.2 Å². The van der Waals surface area contributed by atoms with Gasteiger partial charge < -0.3 is 5.32 Å². The molecular formula is C23H21N3O5S. The van der Waals surface area contributed by atoms with Gasteiger partial charge >= 0.3 is 0 Å². The van der Waals surface area contributed by atoms with Crippen LogP contribution >= 0.6 is 0 Å². The maximum atomic E-state index is 13.3. The van der Waals surface area contributed by atoms with Crippen molar-refractivity contribution < 1.29 is 18.1 Å². The molecule has 0 bridgehead atoms. The minimum absolute atomic E-state index is 0.0514. The molecule has 0 aromatic heterocycles. The maximum Gasteiger partial charge on any atom is 0.274 e. The average Bonchev–Trinajstić information content (AvgIpc) is 2.79. The lowest BCUT2D eigenvalue weighted by molar-refractivity contribution is -0.385. The second-order valence-electron chi connectivity index (χ2n) is 6.90. The predicted octanol–water partition coefficient (Wildman–Crippen LogP) is 4.54. The van der Waals surface area contributed by atoms with Crippen molar-refractivity contribution in [2.24, 2.45) is 0 Å². The first kappa shape index (κ1) is 22.7. The van der Waals surface area contributed by atoms with Gasteiger partial charge in [0, 0.05) is 22.9 Å². The first-order valence-corrected chi connectivity index (χ1v) is 11.0. The summed E-state index contributed by atoms with van der Waals surface area (Å²) in [6.07, 6.45) is 1.48. The molecule has 0 saturated carbocycles. The summed E-state index contributed by atoms with van der Waals surface area (Å²) in [4.78, 5) is 23.3. The first-order valence-electron chi connectivity index (χ1n) is 9.59. The molecule has 3 aromatic carbocycles. The van der Waals surface area contributed by atoms with Crippen LogP contribution in [0.25, 0.3) is 0 Å². The molecule has 0 aliphatic rings. The van der Waals surface area contributed by atoms with E-state index < -0.39 is 20.9 Å². The van der Waals surface area contributed by atoms with Gasteiger partial charge in [-0.1, -0.05) is 36.4 Å². The van der Waals surface area contributed by atoms with Gasteiger partial charge in [0.2, 0.25) is 0 Å². The largest absolute Gasteiger partial charge is 0.322 e. The van der Waals surface area contributed by atoms with E-state index in [1.807, 2.05) is 0 Å². The third kappa shape index (κ3) is 4.84. The van der Waals surface area contributed by atoms with Crippen molar-refractivity contribution in [3.8, 4) is 0 Å². The molecule has 8 nitrogen and oxygen atoms in total. The molecule has 0 atom stereocenters. The number of nitro groups is 1. The molecule has 0 unspecified atom stereocenters. The molecule has 0 aliphatic heterocycles. The van der Waals surface area contributed by atoms with E-state index in [-0.39, 0.29) is 28.4 Å². The van der Waals surface area contributed by atoms with Crippen molar-refractivity contribution in [3.05, 3.63) is 107 Å². The Morgan fingerprint density at radius 1 is 1.09 bits per heavy atom. The topological polar surface area (TPSA) is 110 Å². The normalized spacial score (nSPS) is 10.9. The Labute approximate surface area is 186 Å². The van der Waals surface area contributed by atoms with Gasteiger partial charge in [0.25, 0.3) is 21.6 Å². The van der Waals surface area contributed by atoms with E-state index in [1.54, 1.807) is 43.3 Å². The molecule has 32 heavy (non-hydrogen) atoms. The SMILES string of the molecule is C=CCN(c1ccccc1)S(=O)(=O)c1cccc(C(=O)Nc2ccc(C)c([N+](=O)[O-])c2)c1. The number of amides is 1. The molecule has 0 aliphatic carbocycles. The summed E-state index contributed by atoms with van der Waals surface area (Å²) in [5.41, 5.74) is 1.14. The lowest BCUT2D eigenvalue weighted by Gasteiger charge is -2.23. The Morgan fingerprint density at radius 2 is 1.81 bits per heavy atom. The van der Waals surface area contributed by atoms with Gasteiger partial charge in [0.1, 0.15) is 0 Å². The number of hydrogen-bond acceptors (Lipinski definition) is 5. The van der Waals surface area contributed by atoms with Gasteiger partial charge in [-0.2, -0.15) is 0 Å². The first-order chi connectivity index (χ1) is 15.2. The zero-order valence-corrected chi connectivity index (χ0v) is 18.1. The number of anilines is 2. The van der Waals surface area contributed by atoms with E-state index in [4.69, 9.17) is 0 Å². The van der Waals surface area contributed by atoms with Gasteiger partial charge in [-0.15, -0.1) is 6.58 Å². The average molecular weight is 452 g/mol. The Hall–Kier alpha value is -3.98. The number of nitrogens with one attached hydrogen (secondary N) is 1. The number of carbonyl (C=O) groups is 1. The van der Waals surface area contributed by atoms with E-state index in [0.717, 1.165) is 0 Å². The van der Waals surface area contributed by atoms with Crippen LogP contribution in [0, 0.1) is 17.0 Å². The third-order valence-corrected chi connectivity index (χ3v) is 6.48.